The van der Waals surface area contributed by atoms with Gasteiger partial charge in [0.05, 0.1) is 27.2 Å². The van der Waals surface area contributed by atoms with Crippen LogP contribution < -0.4 is 14.8 Å². The molecular weight excluding hydrogens is 465 g/mol. The van der Waals surface area contributed by atoms with Crippen LogP contribution in [0, 0.1) is 0 Å². The summed E-state index contributed by atoms with van der Waals surface area (Å²) in [5, 5.41) is 3.44. The first-order valence-electron chi connectivity index (χ1n) is 9.70. The number of nitrogens with one attached hydrogen (secondary N) is 1. The fourth-order valence-corrected chi connectivity index (χ4v) is 5.39. The number of fused-ring (bicyclic) bond motifs is 1. The molecule has 2 aliphatic heterocycles. The van der Waals surface area contributed by atoms with Gasteiger partial charge in [0.25, 0.3) is 0 Å². The molecule has 0 saturated carbocycles. The fraction of sp³-hybridized carbons (Fsp3) is 0.350. The number of hydrogen-bond acceptors (Lipinski definition) is 6. The van der Waals surface area contributed by atoms with Crippen LogP contribution in [0.1, 0.15) is 0 Å². The summed E-state index contributed by atoms with van der Waals surface area (Å²) < 4.78 is 38.4. The third kappa shape index (κ3) is 4.91. The van der Waals surface area contributed by atoms with Gasteiger partial charge in [-0.15, -0.1) is 0 Å². The van der Waals surface area contributed by atoms with Gasteiger partial charge in [0.2, 0.25) is 15.9 Å². The Morgan fingerprint density at radius 2 is 1.61 bits per heavy atom. The minimum absolute atomic E-state index is 0.111. The number of rotatable bonds is 5. The molecule has 1 saturated heterocycles. The smallest absolute Gasteiger partial charge is 0.243 e. The quantitative estimate of drug-likeness (QED) is 0.700. The molecule has 2 aromatic rings. The van der Waals surface area contributed by atoms with Gasteiger partial charge in [0.15, 0.2) is 11.5 Å². The fourth-order valence-electron chi connectivity index (χ4n) is 3.46. The number of benzene rings is 2. The van der Waals surface area contributed by atoms with Gasteiger partial charge in [0.1, 0.15) is 13.2 Å². The molecule has 0 unspecified atom stereocenters. The topological polar surface area (TPSA) is 88.2 Å². The van der Waals surface area contributed by atoms with Gasteiger partial charge in [-0.25, -0.2) is 8.42 Å². The Balaban J connectivity index is 1.35. The van der Waals surface area contributed by atoms with E-state index >= 15 is 0 Å². The van der Waals surface area contributed by atoms with E-state index in [-0.39, 0.29) is 30.4 Å². The first kappa shape index (κ1) is 22.2. The van der Waals surface area contributed by atoms with Gasteiger partial charge in [-0.1, -0.05) is 29.3 Å². The molecule has 11 heteroatoms. The largest absolute Gasteiger partial charge is 0.486 e. The van der Waals surface area contributed by atoms with Crippen molar-refractivity contribution in [1.29, 1.82) is 0 Å². The van der Waals surface area contributed by atoms with Crippen molar-refractivity contribution >= 4 is 44.8 Å². The van der Waals surface area contributed by atoms with Crippen LogP contribution in [0.5, 0.6) is 11.5 Å². The van der Waals surface area contributed by atoms with Crippen molar-refractivity contribution in [2.45, 2.75) is 4.90 Å². The molecule has 166 valence electrons. The van der Waals surface area contributed by atoms with Gasteiger partial charge in [0, 0.05) is 32.2 Å². The second-order valence-corrected chi connectivity index (χ2v) is 9.88. The third-order valence-electron chi connectivity index (χ3n) is 5.08. The Morgan fingerprint density at radius 1 is 0.968 bits per heavy atom. The molecule has 8 nitrogen and oxygen atoms in total. The third-order valence-corrected chi connectivity index (χ3v) is 7.60. The Hall–Kier alpha value is -2.04. The van der Waals surface area contributed by atoms with Crippen LogP contribution in [0.15, 0.2) is 41.3 Å². The van der Waals surface area contributed by atoms with Gasteiger partial charge in [-0.3, -0.25) is 9.69 Å². The lowest BCUT2D eigenvalue weighted by Gasteiger charge is -2.33. The molecule has 0 bridgehead atoms. The van der Waals surface area contributed by atoms with E-state index in [0.29, 0.717) is 53.5 Å². The maximum atomic E-state index is 13.0. The summed E-state index contributed by atoms with van der Waals surface area (Å²) >= 11 is 12.2. The highest BCUT2D eigenvalue weighted by molar-refractivity contribution is 7.89. The molecular formula is C20H21Cl2N3O5S. The van der Waals surface area contributed by atoms with Crippen molar-refractivity contribution in [2.24, 2.45) is 0 Å². The SMILES string of the molecule is O=C(CN1CCN(S(=O)(=O)c2ccc3c(c2)OCCO3)CC1)Nc1c(Cl)cccc1Cl. The number of halogens is 2. The highest BCUT2D eigenvalue weighted by Crippen LogP contribution is 2.33. The molecule has 0 spiro atoms. The predicted molar refractivity (Wildman–Crippen MR) is 118 cm³/mol. The standard InChI is InChI=1S/C20H21Cl2N3O5S/c21-15-2-1-3-16(22)20(15)23-19(26)13-24-6-8-25(9-7-24)31(27,28)14-4-5-17-18(12-14)30-11-10-29-17/h1-5,12H,6-11,13H2,(H,23,26). The molecule has 4 rings (SSSR count). The van der Waals surface area contributed by atoms with Crippen molar-refractivity contribution in [2.75, 3.05) is 51.3 Å². The zero-order chi connectivity index (χ0) is 22.0. The van der Waals surface area contributed by atoms with Crippen molar-refractivity contribution in [3.05, 3.63) is 46.4 Å². The Morgan fingerprint density at radius 3 is 2.29 bits per heavy atom. The Labute approximate surface area is 190 Å². The summed E-state index contributed by atoms with van der Waals surface area (Å²) in [6.45, 7) is 2.34. The van der Waals surface area contributed by atoms with Crippen LogP contribution in [0.25, 0.3) is 0 Å². The lowest BCUT2D eigenvalue weighted by Crippen LogP contribution is -2.50. The maximum Gasteiger partial charge on any atom is 0.243 e. The second kappa shape index (κ2) is 9.22. The minimum Gasteiger partial charge on any atom is -0.486 e. The van der Waals surface area contributed by atoms with E-state index in [1.807, 2.05) is 4.90 Å². The van der Waals surface area contributed by atoms with Gasteiger partial charge in [-0.2, -0.15) is 4.31 Å². The number of piperazine rings is 1. The van der Waals surface area contributed by atoms with Crippen LogP contribution in [0.2, 0.25) is 10.0 Å². The molecule has 2 aromatic carbocycles. The summed E-state index contributed by atoms with van der Waals surface area (Å²) in [4.78, 5) is 14.4. The molecule has 2 aliphatic rings. The average molecular weight is 486 g/mol. The summed E-state index contributed by atoms with van der Waals surface area (Å²) in [5.41, 5.74) is 0.371. The second-order valence-electron chi connectivity index (χ2n) is 7.13. The van der Waals surface area contributed by atoms with E-state index in [1.54, 1.807) is 24.3 Å². The van der Waals surface area contributed by atoms with Crippen LogP contribution in [-0.2, 0) is 14.8 Å². The number of para-hydroxylation sites is 1. The molecule has 1 N–H and O–H groups in total. The minimum atomic E-state index is -3.67. The number of hydrogen-bond donors (Lipinski definition) is 1. The number of carbonyl (C=O) groups is 1. The zero-order valence-corrected chi connectivity index (χ0v) is 18.8. The molecule has 1 amide bonds. The number of ether oxygens (including phenoxy) is 2. The normalized spacial score (nSPS) is 17.4. The number of anilines is 1. The molecule has 0 atom stereocenters. The first-order valence-corrected chi connectivity index (χ1v) is 11.9. The molecule has 0 aliphatic carbocycles. The molecule has 31 heavy (non-hydrogen) atoms. The number of carbonyl (C=O) groups excluding carboxylic acids is 1. The molecule has 0 radical (unpaired) electrons. The lowest BCUT2D eigenvalue weighted by molar-refractivity contribution is -0.117. The van der Waals surface area contributed by atoms with E-state index < -0.39 is 10.0 Å². The summed E-state index contributed by atoms with van der Waals surface area (Å²) in [6, 6.07) is 9.62. The van der Waals surface area contributed by atoms with E-state index in [1.165, 1.54) is 16.4 Å². The van der Waals surface area contributed by atoms with E-state index in [2.05, 4.69) is 5.32 Å². The van der Waals surface area contributed by atoms with Crippen LogP contribution in [0.3, 0.4) is 0 Å². The molecule has 1 fully saturated rings. The summed E-state index contributed by atoms with van der Waals surface area (Å²) in [6.07, 6.45) is 0. The number of amides is 1. The molecule has 2 heterocycles. The monoisotopic (exact) mass is 485 g/mol. The van der Waals surface area contributed by atoms with Crippen molar-refractivity contribution in [3.8, 4) is 11.5 Å². The number of nitrogens with zero attached hydrogens (tertiary/aromatic N) is 2. The van der Waals surface area contributed by atoms with Crippen molar-refractivity contribution in [3.63, 3.8) is 0 Å². The number of sulfonamides is 1. The van der Waals surface area contributed by atoms with Crippen LogP contribution in [0.4, 0.5) is 5.69 Å². The molecule has 0 aromatic heterocycles. The average Bonchev–Trinajstić information content (AvgIpc) is 2.76. The van der Waals surface area contributed by atoms with Crippen LogP contribution >= 0.6 is 23.2 Å². The van der Waals surface area contributed by atoms with Crippen LogP contribution in [-0.4, -0.2) is 69.5 Å². The maximum absolute atomic E-state index is 13.0. The Kier molecular flexibility index (Phi) is 6.59. The van der Waals surface area contributed by atoms with Gasteiger partial charge >= 0.3 is 0 Å². The van der Waals surface area contributed by atoms with E-state index in [0.717, 1.165) is 0 Å². The van der Waals surface area contributed by atoms with Gasteiger partial charge in [-0.05, 0) is 24.3 Å². The van der Waals surface area contributed by atoms with Gasteiger partial charge < -0.3 is 14.8 Å². The lowest BCUT2D eigenvalue weighted by atomic mass is 10.3. The Bertz CT molecular complexity index is 1070. The van der Waals surface area contributed by atoms with E-state index in [9.17, 15) is 13.2 Å². The van der Waals surface area contributed by atoms with Crippen molar-refractivity contribution in [1.82, 2.24) is 9.21 Å². The first-order chi connectivity index (χ1) is 14.8. The highest BCUT2D eigenvalue weighted by atomic mass is 35.5. The highest BCUT2D eigenvalue weighted by Gasteiger charge is 2.30. The predicted octanol–water partition coefficient (Wildman–Crippen LogP) is 2.71. The zero-order valence-electron chi connectivity index (χ0n) is 16.5. The summed E-state index contributed by atoms with van der Waals surface area (Å²) in [5.74, 6) is 0.707. The summed E-state index contributed by atoms with van der Waals surface area (Å²) in [7, 11) is -3.67. The van der Waals surface area contributed by atoms with E-state index in [4.69, 9.17) is 32.7 Å². The van der Waals surface area contributed by atoms with Crippen molar-refractivity contribution < 1.29 is 22.7 Å².